The molecule has 5 aromatic carbocycles. The van der Waals surface area contributed by atoms with Gasteiger partial charge < -0.3 is 0 Å². The molecule has 0 aliphatic rings. The third kappa shape index (κ3) is 4.65. The van der Waals surface area contributed by atoms with Crippen molar-refractivity contribution in [3.05, 3.63) is 125 Å². The van der Waals surface area contributed by atoms with E-state index < -0.39 is 0 Å². The number of benzene rings is 5. The second-order valence-electron chi connectivity index (χ2n) is 13.0. The SMILES string of the molecule is Cc1cc(-c2ccccc2)cc(C)c1-c1nc2ccc(C)c(-c3n(-c4ccc(C(C)(C)C)cc4)c4ccccc4[n+]3C)c2s1. The minimum Gasteiger partial charge on any atom is -0.236 e. The first-order chi connectivity index (χ1) is 21.1. The number of imidazole rings is 1. The highest BCUT2D eigenvalue weighted by molar-refractivity contribution is 7.22. The summed E-state index contributed by atoms with van der Waals surface area (Å²) in [4.78, 5) is 5.26. The van der Waals surface area contributed by atoms with Crippen LogP contribution in [0.5, 0.6) is 0 Å². The molecule has 218 valence electrons. The molecule has 4 heteroatoms. The molecule has 0 aliphatic carbocycles. The van der Waals surface area contributed by atoms with Gasteiger partial charge in [-0.05, 0) is 89.9 Å². The Morgan fingerprint density at radius 2 is 1.34 bits per heavy atom. The molecular weight excluding hydrogens is 555 g/mol. The Morgan fingerprint density at radius 3 is 2.02 bits per heavy atom. The summed E-state index contributed by atoms with van der Waals surface area (Å²) in [5, 5.41) is 1.07. The van der Waals surface area contributed by atoms with Crippen LogP contribution in [0.2, 0.25) is 0 Å². The van der Waals surface area contributed by atoms with Crippen LogP contribution in [0.15, 0.2) is 103 Å². The Balaban J connectivity index is 1.45. The molecule has 0 amide bonds. The highest BCUT2D eigenvalue weighted by Crippen LogP contribution is 2.42. The molecule has 7 aromatic rings. The van der Waals surface area contributed by atoms with Crippen molar-refractivity contribution in [3.63, 3.8) is 0 Å². The van der Waals surface area contributed by atoms with Gasteiger partial charge in [-0.25, -0.2) is 9.55 Å². The summed E-state index contributed by atoms with van der Waals surface area (Å²) < 4.78 is 5.99. The summed E-state index contributed by atoms with van der Waals surface area (Å²) in [5.41, 5.74) is 14.7. The van der Waals surface area contributed by atoms with Crippen LogP contribution in [0.4, 0.5) is 0 Å². The van der Waals surface area contributed by atoms with Crippen LogP contribution in [0.1, 0.15) is 43.0 Å². The first-order valence-electron chi connectivity index (χ1n) is 15.3. The van der Waals surface area contributed by atoms with Gasteiger partial charge in [0, 0.05) is 5.56 Å². The van der Waals surface area contributed by atoms with Crippen LogP contribution in [-0.2, 0) is 12.5 Å². The lowest BCUT2D eigenvalue weighted by molar-refractivity contribution is -0.633. The van der Waals surface area contributed by atoms with Crippen molar-refractivity contribution in [1.82, 2.24) is 9.55 Å². The molecule has 44 heavy (non-hydrogen) atoms. The van der Waals surface area contributed by atoms with Gasteiger partial charge in [0.25, 0.3) is 5.82 Å². The third-order valence-electron chi connectivity index (χ3n) is 8.85. The van der Waals surface area contributed by atoms with Gasteiger partial charge >= 0.3 is 0 Å². The Kier molecular flexibility index (Phi) is 6.78. The number of nitrogens with zero attached hydrogens (tertiary/aromatic N) is 3. The van der Waals surface area contributed by atoms with Crippen molar-refractivity contribution in [2.24, 2.45) is 7.05 Å². The average molecular weight is 593 g/mol. The second kappa shape index (κ2) is 10.6. The lowest BCUT2D eigenvalue weighted by Crippen LogP contribution is -2.30. The van der Waals surface area contributed by atoms with Gasteiger partial charge in [0.2, 0.25) is 0 Å². The van der Waals surface area contributed by atoms with E-state index in [1.165, 1.54) is 66.1 Å². The zero-order chi connectivity index (χ0) is 30.7. The van der Waals surface area contributed by atoms with Gasteiger partial charge in [-0.3, -0.25) is 0 Å². The van der Waals surface area contributed by atoms with Gasteiger partial charge in [-0.1, -0.05) is 93.6 Å². The van der Waals surface area contributed by atoms with E-state index in [-0.39, 0.29) is 5.41 Å². The summed E-state index contributed by atoms with van der Waals surface area (Å²) >= 11 is 1.81. The summed E-state index contributed by atoms with van der Waals surface area (Å²) in [6.07, 6.45) is 0. The maximum Gasteiger partial charge on any atom is 0.296 e. The molecule has 0 atom stereocenters. The van der Waals surface area contributed by atoms with E-state index in [1.807, 2.05) is 0 Å². The molecule has 0 fully saturated rings. The van der Waals surface area contributed by atoms with Crippen LogP contribution in [0.25, 0.3) is 60.0 Å². The molecule has 0 bridgehead atoms. The van der Waals surface area contributed by atoms with E-state index in [1.54, 1.807) is 11.3 Å². The monoisotopic (exact) mass is 592 g/mol. The molecule has 2 aromatic heterocycles. The fraction of sp³-hybridized carbons (Fsp3) is 0.200. The van der Waals surface area contributed by atoms with E-state index in [0.717, 1.165) is 16.2 Å². The predicted octanol–water partition coefficient (Wildman–Crippen LogP) is 10.3. The van der Waals surface area contributed by atoms with Crippen LogP contribution in [0.3, 0.4) is 0 Å². The number of para-hydroxylation sites is 2. The van der Waals surface area contributed by atoms with Crippen molar-refractivity contribution in [1.29, 1.82) is 0 Å². The summed E-state index contributed by atoms with van der Waals surface area (Å²) in [5.74, 6) is 1.17. The maximum absolute atomic E-state index is 5.26. The second-order valence-corrected chi connectivity index (χ2v) is 14.0. The van der Waals surface area contributed by atoms with E-state index in [0.29, 0.717) is 0 Å². The van der Waals surface area contributed by atoms with Gasteiger partial charge in [0.15, 0.2) is 11.0 Å². The lowest BCUT2D eigenvalue weighted by Gasteiger charge is -2.18. The zero-order valence-electron chi connectivity index (χ0n) is 26.6. The molecular formula is C40H38N3S+. The fourth-order valence-corrected chi connectivity index (χ4v) is 7.87. The average Bonchev–Trinajstić information content (AvgIpc) is 3.56. The Hall–Kier alpha value is -4.54. The van der Waals surface area contributed by atoms with Crippen LogP contribution in [-0.4, -0.2) is 9.55 Å². The lowest BCUT2D eigenvalue weighted by atomic mass is 9.87. The minimum atomic E-state index is 0.0988. The number of hydrogen-bond acceptors (Lipinski definition) is 2. The summed E-state index contributed by atoms with van der Waals surface area (Å²) in [6, 6.07) is 37.4. The Morgan fingerprint density at radius 1 is 0.682 bits per heavy atom. The quantitative estimate of drug-likeness (QED) is 0.186. The van der Waals surface area contributed by atoms with Gasteiger partial charge in [-0.15, -0.1) is 11.3 Å². The molecule has 2 heterocycles. The first-order valence-corrected chi connectivity index (χ1v) is 16.1. The molecule has 0 radical (unpaired) electrons. The smallest absolute Gasteiger partial charge is 0.236 e. The van der Waals surface area contributed by atoms with E-state index in [4.69, 9.17) is 4.98 Å². The van der Waals surface area contributed by atoms with E-state index >= 15 is 0 Å². The maximum atomic E-state index is 5.26. The highest BCUT2D eigenvalue weighted by atomic mass is 32.1. The molecule has 0 aliphatic heterocycles. The van der Waals surface area contributed by atoms with Gasteiger partial charge in [-0.2, -0.15) is 4.57 Å². The molecule has 0 N–H and O–H groups in total. The third-order valence-corrected chi connectivity index (χ3v) is 9.95. The highest BCUT2D eigenvalue weighted by Gasteiger charge is 2.30. The number of fused-ring (bicyclic) bond motifs is 2. The largest absolute Gasteiger partial charge is 0.296 e. The summed E-state index contributed by atoms with van der Waals surface area (Å²) in [6.45, 7) is 13.5. The molecule has 0 spiro atoms. The normalized spacial score (nSPS) is 12.0. The number of thiazole rings is 1. The fourth-order valence-electron chi connectivity index (χ4n) is 6.54. The standard InChI is InChI=1S/C40H38N3S/c1-25-17-22-32-37(44-38(41-32)35-26(2)23-29(24-27(35)3)28-13-9-8-10-14-28)36(25)39-42(7)33-15-11-12-16-34(33)43(39)31-20-18-30(19-21-31)40(4,5)6/h8-24H,1-7H3/q+1. The Labute approximate surface area is 264 Å². The van der Waals surface area contributed by atoms with Crippen molar-refractivity contribution in [2.45, 2.75) is 47.0 Å². The Bertz CT molecular complexity index is 2150. The molecule has 3 nitrogen and oxygen atoms in total. The number of aryl methyl sites for hydroxylation is 4. The van der Waals surface area contributed by atoms with Crippen LogP contribution >= 0.6 is 11.3 Å². The number of hydrogen-bond donors (Lipinski definition) is 0. The van der Waals surface area contributed by atoms with Crippen LogP contribution in [0, 0.1) is 20.8 Å². The minimum absolute atomic E-state index is 0.0988. The van der Waals surface area contributed by atoms with Crippen molar-refractivity contribution in [2.75, 3.05) is 0 Å². The molecule has 0 saturated heterocycles. The van der Waals surface area contributed by atoms with Gasteiger partial charge in [0.1, 0.15) is 10.7 Å². The molecule has 0 unspecified atom stereocenters. The van der Waals surface area contributed by atoms with Crippen molar-refractivity contribution in [3.8, 4) is 38.8 Å². The summed E-state index contributed by atoms with van der Waals surface area (Å²) in [7, 11) is 2.19. The number of aromatic nitrogens is 3. The number of rotatable bonds is 4. The van der Waals surface area contributed by atoms with Crippen molar-refractivity contribution < 1.29 is 4.57 Å². The van der Waals surface area contributed by atoms with Crippen molar-refractivity contribution >= 4 is 32.6 Å². The van der Waals surface area contributed by atoms with Gasteiger partial charge in [0.05, 0.1) is 22.8 Å². The van der Waals surface area contributed by atoms with E-state index in [2.05, 4.69) is 161 Å². The predicted molar refractivity (Wildman–Crippen MR) is 187 cm³/mol. The topological polar surface area (TPSA) is 21.7 Å². The van der Waals surface area contributed by atoms with Crippen LogP contribution < -0.4 is 4.57 Å². The van der Waals surface area contributed by atoms with E-state index in [9.17, 15) is 0 Å². The zero-order valence-corrected chi connectivity index (χ0v) is 27.4. The molecule has 0 saturated carbocycles. The first kappa shape index (κ1) is 28.2. The molecule has 7 rings (SSSR count).